The second-order valence-corrected chi connectivity index (χ2v) is 4.57. The van der Waals surface area contributed by atoms with Crippen molar-refractivity contribution in [2.75, 3.05) is 20.6 Å². The van der Waals surface area contributed by atoms with Gasteiger partial charge in [-0.2, -0.15) is 0 Å². The maximum Gasteiger partial charge on any atom is 0.338 e. The molecule has 0 saturated carbocycles. The van der Waals surface area contributed by atoms with Crippen molar-refractivity contribution in [2.24, 2.45) is 0 Å². The second-order valence-electron chi connectivity index (χ2n) is 4.13. The minimum atomic E-state index is -0.301. The minimum absolute atomic E-state index is 0. The maximum absolute atomic E-state index is 11.7. The molecular formula is C12H17Cl2NO2. The maximum atomic E-state index is 11.7. The number of hydrogen-bond acceptors (Lipinski definition) is 2. The molecule has 0 aromatic heterocycles. The van der Waals surface area contributed by atoms with Crippen molar-refractivity contribution in [3.63, 3.8) is 0 Å². The number of halogens is 2. The van der Waals surface area contributed by atoms with Crippen molar-refractivity contribution in [3.05, 3.63) is 34.9 Å². The average Bonchev–Trinajstić information content (AvgIpc) is 2.16. The zero-order valence-electron chi connectivity index (χ0n) is 10.2. The smallest absolute Gasteiger partial charge is 0.338 e. The van der Waals surface area contributed by atoms with Crippen LogP contribution in [0.2, 0.25) is 5.02 Å². The molecule has 1 aromatic rings. The van der Waals surface area contributed by atoms with E-state index >= 15 is 0 Å². The number of esters is 1. The number of ether oxygens (including phenoxy) is 1. The molecule has 1 unspecified atom stereocenters. The van der Waals surface area contributed by atoms with E-state index in [2.05, 4.69) is 0 Å². The Morgan fingerprint density at radius 1 is 1.35 bits per heavy atom. The summed E-state index contributed by atoms with van der Waals surface area (Å²) in [5.74, 6) is -0.301. The molecule has 0 saturated heterocycles. The Hall–Kier alpha value is -0.770. The molecule has 0 heterocycles. The Morgan fingerprint density at radius 2 is 1.88 bits per heavy atom. The van der Waals surface area contributed by atoms with E-state index in [1.165, 1.54) is 4.90 Å². The Kier molecular flexibility index (Phi) is 7.19. The van der Waals surface area contributed by atoms with Gasteiger partial charge in [0.2, 0.25) is 0 Å². The number of hydrogen-bond donors (Lipinski definition) is 1. The molecule has 1 rings (SSSR count). The predicted octanol–water partition coefficient (Wildman–Crippen LogP) is -1.97. The van der Waals surface area contributed by atoms with Gasteiger partial charge in [-0.15, -0.1) is 0 Å². The summed E-state index contributed by atoms with van der Waals surface area (Å²) in [5.41, 5.74) is 0.532. The topological polar surface area (TPSA) is 30.7 Å². The summed E-state index contributed by atoms with van der Waals surface area (Å²) in [6.45, 7) is 2.68. The monoisotopic (exact) mass is 277 g/mol. The Morgan fingerprint density at radius 3 is 2.35 bits per heavy atom. The second kappa shape index (κ2) is 7.54. The lowest BCUT2D eigenvalue weighted by molar-refractivity contribution is -0.861. The normalized spacial score (nSPS) is 11.8. The van der Waals surface area contributed by atoms with Gasteiger partial charge in [-0.3, -0.25) is 0 Å². The van der Waals surface area contributed by atoms with Crippen molar-refractivity contribution >= 4 is 17.6 Å². The highest BCUT2D eigenvalue weighted by atomic mass is 35.5. The molecule has 17 heavy (non-hydrogen) atoms. The molecule has 0 spiro atoms. The third-order valence-electron chi connectivity index (χ3n) is 2.08. The molecule has 3 nitrogen and oxygen atoms in total. The number of carbonyl (C=O) groups is 1. The molecule has 5 heteroatoms. The molecule has 0 aliphatic rings. The summed E-state index contributed by atoms with van der Waals surface area (Å²) < 4.78 is 5.28. The molecule has 0 bridgehead atoms. The largest absolute Gasteiger partial charge is 1.00 e. The molecule has 0 amide bonds. The van der Waals surface area contributed by atoms with Crippen LogP contribution in [0.25, 0.3) is 0 Å². The van der Waals surface area contributed by atoms with Crippen LogP contribution in [0.15, 0.2) is 24.3 Å². The number of benzene rings is 1. The lowest BCUT2D eigenvalue weighted by atomic mass is 10.2. The van der Waals surface area contributed by atoms with Gasteiger partial charge in [0.25, 0.3) is 0 Å². The summed E-state index contributed by atoms with van der Waals surface area (Å²) in [6, 6.07) is 6.69. The van der Waals surface area contributed by atoms with Gasteiger partial charge in [-0.05, 0) is 31.2 Å². The third-order valence-corrected chi connectivity index (χ3v) is 2.34. The van der Waals surface area contributed by atoms with Gasteiger partial charge in [-0.1, -0.05) is 11.6 Å². The molecule has 1 atom stereocenters. The van der Waals surface area contributed by atoms with Gasteiger partial charge in [0.05, 0.1) is 19.7 Å². The van der Waals surface area contributed by atoms with Crippen LogP contribution >= 0.6 is 11.6 Å². The molecule has 0 fully saturated rings. The van der Waals surface area contributed by atoms with E-state index in [-0.39, 0.29) is 24.5 Å². The lowest BCUT2D eigenvalue weighted by Crippen LogP contribution is -3.06. The minimum Gasteiger partial charge on any atom is -1.00 e. The van der Waals surface area contributed by atoms with Crippen LogP contribution in [-0.2, 0) is 4.74 Å². The first-order valence-corrected chi connectivity index (χ1v) is 5.62. The summed E-state index contributed by atoms with van der Waals surface area (Å²) >= 11 is 5.74. The molecule has 0 aliphatic heterocycles. The fourth-order valence-corrected chi connectivity index (χ4v) is 1.58. The Labute approximate surface area is 113 Å². The van der Waals surface area contributed by atoms with Crippen molar-refractivity contribution in [3.8, 4) is 0 Å². The van der Waals surface area contributed by atoms with Gasteiger partial charge in [-0.25, -0.2) is 4.79 Å². The first-order valence-electron chi connectivity index (χ1n) is 5.24. The van der Waals surface area contributed by atoms with Gasteiger partial charge < -0.3 is 22.0 Å². The van der Waals surface area contributed by atoms with E-state index in [0.29, 0.717) is 10.6 Å². The fourth-order valence-electron chi connectivity index (χ4n) is 1.45. The van der Waals surface area contributed by atoms with E-state index in [9.17, 15) is 4.79 Å². The summed E-state index contributed by atoms with van der Waals surface area (Å²) in [5, 5.41) is 0.613. The van der Waals surface area contributed by atoms with Crippen LogP contribution in [0, 0.1) is 0 Å². The Bertz CT molecular complexity index is 352. The Balaban J connectivity index is 0.00000256. The highest BCUT2D eigenvalue weighted by molar-refractivity contribution is 6.30. The number of rotatable bonds is 4. The number of nitrogens with one attached hydrogen (secondary N) is 1. The zero-order chi connectivity index (χ0) is 12.1. The number of likely N-dealkylation sites (N-methyl/N-ethyl adjacent to an activating group) is 1. The van der Waals surface area contributed by atoms with Crippen molar-refractivity contribution < 1.29 is 26.8 Å². The first kappa shape index (κ1) is 16.2. The van der Waals surface area contributed by atoms with Crippen LogP contribution in [0.5, 0.6) is 0 Å². The fraction of sp³-hybridized carbons (Fsp3) is 0.417. The van der Waals surface area contributed by atoms with Crippen LogP contribution in [0.4, 0.5) is 0 Å². The van der Waals surface area contributed by atoms with Crippen LogP contribution < -0.4 is 17.3 Å². The van der Waals surface area contributed by atoms with Gasteiger partial charge in [0.1, 0.15) is 12.6 Å². The van der Waals surface area contributed by atoms with Gasteiger partial charge >= 0.3 is 5.97 Å². The van der Waals surface area contributed by atoms with Crippen molar-refractivity contribution in [1.82, 2.24) is 0 Å². The van der Waals surface area contributed by atoms with E-state index in [0.717, 1.165) is 6.54 Å². The highest BCUT2D eigenvalue weighted by Gasteiger charge is 2.13. The highest BCUT2D eigenvalue weighted by Crippen LogP contribution is 2.10. The van der Waals surface area contributed by atoms with Crippen molar-refractivity contribution in [1.29, 1.82) is 0 Å². The summed E-state index contributed by atoms with van der Waals surface area (Å²) in [4.78, 5) is 12.9. The van der Waals surface area contributed by atoms with Gasteiger partial charge in [0.15, 0.2) is 0 Å². The summed E-state index contributed by atoms with van der Waals surface area (Å²) in [7, 11) is 4.04. The van der Waals surface area contributed by atoms with Gasteiger partial charge in [0, 0.05) is 5.02 Å². The van der Waals surface area contributed by atoms with Crippen molar-refractivity contribution in [2.45, 2.75) is 13.0 Å². The standard InChI is InChI=1S/C12H16ClNO2.ClH/c1-9(8-14(2)3)16-12(15)10-4-6-11(13)7-5-10;/h4-7,9H,8H2,1-3H3;1H. The molecule has 1 aromatic carbocycles. The van der Waals surface area contributed by atoms with E-state index in [1.54, 1.807) is 24.3 Å². The molecular weight excluding hydrogens is 261 g/mol. The van der Waals surface area contributed by atoms with Crippen LogP contribution in [-0.4, -0.2) is 32.7 Å². The first-order chi connectivity index (χ1) is 7.49. The SMILES string of the molecule is CC(C[NH+](C)C)OC(=O)c1ccc(Cl)cc1.[Cl-]. The molecule has 0 radical (unpaired) electrons. The van der Waals surface area contributed by atoms with E-state index in [4.69, 9.17) is 16.3 Å². The molecule has 96 valence electrons. The molecule has 0 aliphatic carbocycles. The quantitative estimate of drug-likeness (QED) is 0.648. The van der Waals surface area contributed by atoms with Crippen LogP contribution in [0.1, 0.15) is 17.3 Å². The van der Waals surface area contributed by atoms with E-state index in [1.807, 2.05) is 21.0 Å². The van der Waals surface area contributed by atoms with Crippen LogP contribution in [0.3, 0.4) is 0 Å². The predicted molar refractivity (Wildman–Crippen MR) is 64.0 cm³/mol. The molecule has 1 N–H and O–H groups in total. The summed E-state index contributed by atoms with van der Waals surface area (Å²) in [6.07, 6.45) is -0.0896. The lowest BCUT2D eigenvalue weighted by Gasteiger charge is -2.15. The van der Waals surface area contributed by atoms with E-state index < -0.39 is 0 Å². The zero-order valence-corrected chi connectivity index (χ0v) is 11.7. The number of carbonyl (C=O) groups excluding carboxylic acids is 1. The number of quaternary nitrogens is 1. The third kappa shape index (κ3) is 5.91. The average molecular weight is 278 g/mol.